The molecule has 0 saturated carbocycles. The van der Waals surface area contributed by atoms with E-state index in [4.69, 9.17) is 9.47 Å². The predicted molar refractivity (Wildman–Crippen MR) is 77.5 cm³/mol. The Morgan fingerprint density at radius 1 is 1.42 bits per heavy atom. The Morgan fingerprint density at radius 2 is 2.21 bits per heavy atom. The van der Waals surface area contributed by atoms with Gasteiger partial charge in [0.2, 0.25) is 0 Å². The maximum atomic E-state index is 5.96. The number of ether oxygens (including phenoxy) is 2. The fourth-order valence-electron chi connectivity index (χ4n) is 3.23. The molecule has 2 saturated heterocycles. The molecule has 1 N–H and O–H groups in total. The average molecular weight is 270 g/mol. The fraction of sp³-hybridized carbons (Fsp3) is 1.00. The van der Waals surface area contributed by atoms with Crippen LogP contribution in [-0.4, -0.2) is 61.5 Å². The number of morpholine rings is 1. The smallest absolute Gasteiger partial charge is 0.0757 e. The first kappa shape index (κ1) is 15.2. The second-order valence-electron chi connectivity index (χ2n) is 6.76. The Balaban J connectivity index is 1.71. The number of rotatable bonds is 5. The van der Waals surface area contributed by atoms with Crippen molar-refractivity contribution >= 4 is 0 Å². The summed E-state index contributed by atoms with van der Waals surface area (Å²) in [4.78, 5) is 2.54. The molecule has 112 valence electrons. The van der Waals surface area contributed by atoms with E-state index >= 15 is 0 Å². The second-order valence-corrected chi connectivity index (χ2v) is 6.76. The van der Waals surface area contributed by atoms with Crippen molar-refractivity contribution in [2.24, 2.45) is 0 Å². The third kappa shape index (κ3) is 4.71. The second kappa shape index (κ2) is 6.53. The van der Waals surface area contributed by atoms with Crippen LogP contribution in [0.25, 0.3) is 0 Å². The molecule has 2 rings (SSSR count). The lowest BCUT2D eigenvalue weighted by atomic mass is 10.0. The van der Waals surface area contributed by atoms with Crippen LogP contribution in [-0.2, 0) is 9.47 Å². The first-order chi connectivity index (χ1) is 8.96. The zero-order valence-electron chi connectivity index (χ0n) is 12.9. The van der Waals surface area contributed by atoms with Crippen LogP contribution in [0.15, 0.2) is 0 Å². The van der Waals surface area contributed by atoms with Crippen molar-refractivity contribution in [3.63, 3.8) is 0 Å². The normalized spacial score (nSPS) is 33.5. The third-order valence-corrected chi connectivity index (χ3v) is 4.05. The molecule has 0 aromatic carbocycles. The molecule has 2 heterocycles. The van der Waals surface area contributed by atoms with Crippen LogP contribution >= 0.6 is 0 Å². The van der Waals surface area contributed by atoms with Gasteiger partial charge in [-0.2, -0.15) is 0 Å². The van der Waals surface area contributed by atoms with Gasteiger partial charge in [0.1, 0.15) is 0 Å². The number of hydrogen-bond acceptors (Lipinski definition) is 4. The van der Waals surface area contributed by atoms with E-state index in [9.17, 15) is 0 Å². The minimum absolute atomic E-state index is 0.0273. The van der Waals surface area contributed by atoms with Gasteiger partial charge in [-0.05, 0) is 40.5 Å². The highest BCUT2D eigenvalue weighted by atomic mass is 16.5. The van der Waals surface area contributed by atoms with E-state index < -0.39 is 0 Å². The van der Waals surface area contributed by atoms with E-state index in [-0.39, 0.29) is 5.60 Å². The van der Waals surface area contributed by atoms with Gasteiger partial charge in [0, 0.05) is 38.8 Å². The van der Waals surface area contributed by atoms with Crippen molar-refractivity contribution in [2.75, 3.05) is 32.8 Å². The van der Waals surface area contributed by atoms with Crippen LogP contribution < -0.4 is 5.32 Å². The molecule has 0 aromatic heterocycles. The van der Waals surface area contributed by atoms with E-state index in [2.05, 4.69) is 37.9 Å². The predicted octanol–water partition coefficient (Wildman–Crippen LogP) is 1.64. The molecule has 2 aliphatic rings. The third-order valence-electron chi connectivity index (χ3n) is 4.05. The minimum atomic E-state index is -0.0273. The topological polar surface area (TPSA) is 33.7 Å². The van der Waals surface area contributed by atoms with E-state index in [1.165, 1.54) is 12.8 Å². The zero-order valence-corrected chi connectivity index (χ0v) is 12.9. The summed E-state index contributed by atoms with van der Waals surface area (Å²) >= 11 is 0. The van der Waals surface area contributed by atoms with Crippen LogP contribution in [0, 0.1) is 0 Å². The molecule has 2 fully saturated rings. The lowest BCUT2D eigenvalue weighted by molar-refractivity contribution is -0.136. The first-order valence-electron chi connectivity index (χ1n) is 7.70. The van der Waals surface area contributed by atoms with Crippen LogP contribution in [0.4, 0.5) is 0 Å². The Hall–Kier alpha value is -0.160. The van der Waals surface area contributed by atoms with Gasteiger partial charge in [-0.15, -0.1) is 0 Å². The van der Waals surface area contributed by atoms with E-state index in [0.717, 1.165) is 32.8 Å². The lowest BCUT2D eigenvalue weighted by Crippen LogP contribution is -2.56. The van der Waals surface area contributed by atoms with Crippen molar-refractivity contribution in [3.8, 4) is 0 Å². The van der Waals surface area contributed by atoms with Crippen molar-refractivity contribution in [1.29, 1.82) is 0 Å². The number of hydrogen-bond donors (Lipinski definition) is 1. The Bertz CT molecular complexity index is 277. The standard InChI is InChI=1S/C15H30N2O2/c1-12(8-16-9-14-6-5-7-18-14)17-10-13(2)19-15(3,4)11-17/h12-14,16H,5-11H2,1-4H3. The highest BCUT2D eigenvalue weighted by Gasteiger charge is 2.33. The summed E-state index contributed by atoms with van der Waals surface area (Å²) < 4.78 is 11.6. The Kier molecular flexibility index (Phi) is 5.23. The van der Waals surface area contributed by atoms with Crippen molar-refractivity contribution < 1.29 is 9.47 Å². The van der Waals surface area contributed by atoms with Crippen molar-refractivity contribution in [3.05, 3.63) is 0 Å². The molecule has 3 atom stereocenters. The number of nitrogens with one attached hydrogen (secondary N) is 1. The van der Waals surface area contributed by atoms with Gasteiger partial charge in [0.05, 0.1) is 17.8 Å². The summed E-state index contributed by atoms with van der Waals surface area (Å²) in [6.45, 7) is 13.8. The van der Waals surface area contributed by atoms with Crippen LogP contribution in [0.1, 0.15) is 40.5 Å². The van der Waals surface area contributed by atoms with Crippen molar-refractivity contribution in [1.82, 2.24) is 10.2 Å². The van der Waals surface area contributed by atoms with Gasteiger partial charge in [-0.25, -0.2) is 0 Å². The van der Waals surface area contributed by atoms with E-state index in [1.54, 1.807) is 0 Å². The quantitative estimate of drug-likeness (QED) is 0.823. The highest BCUT2D eigenvalue weighted by Crippen LogP contribution is 2.22. The Labute approximate surface area is 117 Å². The maximum Gasteiger partial charge on any atom is 0.0757 e. The summed E-state index contributed by atoms with van der Waals surface area (Å²) in [6.07, 6.45) is 3.19. The molecule has 0 spiro atoms. The summed E-state index contributed by atoms with van der Waals surface area (Å²) in [5.41, 5.74) is -0.0273. The molecule has 4 heteroatoms. The summed E-state index contributed by atoms with van der Waals surface area (Å²) in [7, 11) is 0. The molecule has 0 amide bonds. The lowest BCUT2D eigenvalue weighted by Gasteiger charge is -2.44. The SMILES string of the molecule is CC1CN(C(C)CNCC2CCCO2)CC(C)(C)O1. The van der Waals surface area contributed by atoms with Crippen molar-refractivity contribution in [2.45, 2.75) is 64.4 Å². The Morgan fingerprint density at radius 3 is 2.84 bits per heavy atom. The maximum absolute atomic E-state index is 5.96. The van der Waals surface area contributed by atoms with Gasteiger partial charge in [0.25, 0.3) is 0 Å². The zero-order chi connectivity index (χ0) is 13.9. The largest absolute Gasteiger partial charge is 0.377 e. The fourth-order valence-corrected chi connectivity index (χ4v) is 3.23. The summed E-state index contributed by atoms with van der Waals surface area (Å²) in [5, 5.41) is 3.56. The van der Waals surface area contributed by atoms with Gasteiger partial charge < -0.3 is 14.8 Å². The molecule has 4 nitrogen and oxygen atoms in total. The summed E-state index contributed by atoms with van der Waals surface area (Å²) in [6, 6.07) is 0.548. The molecule has 0 aliphatic carbocycles. The van der Waals surface area contributed by atoms with Gasteiger partial charge in [-0.1, -0.05) is 0 Å². The average Bonchev–Trinajstić information content (AvgIpc) is 2.79. The van der Waals surface area contributed by atoms with Crippen LogP contribution in [0.5, 0.6) is 0 Å². The van der Waals surface area contributed by atoms with Crippen LogP contribution in [0.2, 0.25) is 0 Å². The monoisotopic (exact) mass is 270 g/mol. The molecule has 3 unspecified atom stereocenters. The molecular weight excluding hydrogens is 240 g/mol. The molecule has 0 aromatic rings. The first-order valence-corrected chi connectivity index (χ1v) is 7.70. The molecule has 0 bridgehead atoms. The van der Waals surface area contributed by atoms with Crippen LogP contribution in [0.3, 0.4) is 0 Å². The van der Waals surface area contributed by atoms with E-state index in [1.807, 2.05) is 0 Å². The van der Waals surface area contributed by atoms with Gasteiger partial charge in [0.15, 0.2) is 0 Å². The van der Waals surface area contributed by atoms with E-state index in [0.29, 0.717) is 18.2 Å². The van der Waals surface area contributed by atoms with Gasteiger partial charge in [-0.3, -0.25) is 4.90 Å². The molecular formula is C15H30N2O2. The molecule has 19 heavy (non-hydrogen) atoms. The molecule has 2 aliphatic heterocycles. The minimum Gasteiger partial charge on any atom is -0.377 e. The summed E-state index contributed by atoms with van der Waals surface area (Å²) in [5.74, 6) is 0. The highest BCUT2D eigenvalue weighted by molar-refractivity contribution is 4.86. The molecule has 0 radical (unpaired) electrons. The number of nitrogens with zero attached hydrogens (tertiary/aromatic N) is 1. The van der Waals surface area contributed by atoms with Gasteiger partial charge >= 0.3 is 0 Å².